The molecule has 0 fully saturated rings. The Kier molecular flexibility index (Phi) is 4.98. The Bertz CT molecular complexity index is 784. The van der Waals surface area contributed by atoms with E-state index in [1.807, 2.05) is 0 Å². The number of alkyl halides is 3. The molecule has 2 aromatic rings. The van der Waals surface area contributed by atoms with Crippen LogP contribution in [0.25, 0.3) is 6.08 Å². The first-order chi connectivity index (χ1) is 11.3. The van der Waals surface area contributed by atoms with Crippen LogP contribution in [-0.2, 0) is 11.0 Å². The molecule has 5 nitrogen and oxygen atoms in total. The molecule has 0 aliphatic rings. The molecule has 0 saturated carbocycles. The number of non-ortho nitro benzene ring substituents is 1. The molecule has 1 amide bonds. The van der Waals surface area contributed by atoms with Crippen LogP contribution in [0.5, 0.6) is 0 Å². The zero-order valence-electron chi connectivity index (χ0n) is 12.1. The van der Waals surface area contributed by atoms with Crippen molar-refractivity contribution >= 4 is 23.4 Å². The van der Waals surface area contributed by atoms with Gasteiger partial charge in [-0.1, -0.05) is 12.1 Å². The van der Waals surface area contributed by atoms with Gasteiger partial charge in [-0.3, -0.25) is 14.9 Å². The number of nitrogens with one attached hydrogen (secondary N) is 1. The molecule has 0 aromatic heterocycles. The molecular weight excluding hydrogens is 325 g/mol. The quantitative estimate of drug-likeness (QED) is 0.515. The van der Waals surface area contributed by atoms with E-state index in [0.29, 0.717) is 5.56 Å². The van der Waals surface area contributed by atoms with E-state index in [-0.39, 0.29) is 11.4 Å². The van der Waals surface area contributed by atoms with E-state index in [2.05, 4.69) is 5.32 Å². The van der Waals surface area contributed by atoms with Gasteiger partial charge in [0.2, 0.25) is 5.91 Å². The average Bonchev–Trinajstić information content (AvgIpc) is 2.53. The van der Waals surface area contributed by atoms with Crippen molar-refractivity contribution in [1.82, 2.24) is 0 Å². The number of nitrogens with zero attached hydrogens (tertiary/aromatic N) is 1. The lowest BCUT2D eigenvalue weighted by molar-refractivity contribution is -0.384. The highest BCUT2D eigenvalue weighted by atomic mass is 19.4. The number of amides is 1. The third-order valence-electron chi connectivity index (χ3n) is 2.99. The molecule has 0 aliphatic heterocycles. The minimum Gasteiger partial charge on any atom is -0.323 e. The number of hydrogen-bond acceptors (Lipinski definition) is 3. The van der Waals surface area contributed by atoms with E-state index < -0.39 is 22.6 Å². The molecule has 0 radical (unpaired) electrons. The van der Waals surface area contributed by atoms with E-state index >= 15 is 0 Å². The number of carbonyl (C=O) groups is 1. The fraction of sp³-hybridized carbons (Fsp3) is 0.0625. The SMILES string of the molecule is O=C(/C=C/c1cccc([N+](=O)[O-])c1)Nc1ccc(C(F)(F)F)cc1. The van der Waals surface area contributed by atoms with Gasteiger partial charge in [-0.2, -0.15) is 13.2 Å². The van der Waals surface area contributed by atoms with E-state index in [1.54, 1.807) is 6.07 Å². The van der Waals surface area contributed by atoms with E-state index in [0.717, 1.165) is 30.3 Å². The summed E-state index contributed by atoms with van der Waals surface area (Å²) in [5.41, 5.74) is -0.267. The van der Waals surface area contributed by atoms with Gasteiger partial charge in [0.15, 0.2) is 0 Å². The van der Waals surface area contributed by atoms with Crippen molar-refractivity contribution in [1.29, 1.82) is 0 Å². The molecule has 0 heterocycles. The van der Waals surface area contributed by atoms with Gasteiger partial charge in [0, 0.05) is 23.9 Å². The smallest absolute Gasteiger partial charge is 0.323 e. The average molecular weight is 336 g/mol. The van der Waals surface area contributed by atoms with Gasteiger partial charge in [-0.25, -0.2) is 0 Å². The fourth-order valence-corrected chi connectivity index (χ4v) is 1.84. The second-order valence-electron chi connectivity index (χ2n) is 4.75. The van der Waals surface area contributed by atoms with Crippen molar-refractivity contribution in [3.05, 3.63) is 75.8 Å². The summed E-state index contributed by atoms with van der Waals surface area (Å²) >= 11 is 0. The summed E-state index contributed by atoms with van der Waals surface area (Å²) in [6, 6.07) is 9.67. The third-order valence-corrected chi connectivity index (χ3v) is 2.99. The topological polar surface area (TPSA) is 72.2 Å². The van der Waals surface area contributed by atoms with Crippen LogP contribution in [0.1, 0.15) is 11.1 Å². The summed E-state index contributed by atoms with van der Waals surface area (Å²) in [5.74, 6) is -0.568. The monoisotopic (exact) mass is 336 g/mol. The molecule has 24 heavy (non-hydrogen) atoms. The van der Waals surface area contributed by atoms with Gasteiger partial charge in [-0.15, -0.1) is 0 Å². The lowest BCUT2D eigenvalue weighted by atomic mass is 10.2. The number of rotatable bonds is 4. The molecule has 2 rings (SSSR count). The van der Waals surface area contributed by atoms with Crippen LogP contribution in [0.4, 0.5) is 24.5 Å². The van der Waals surface area contributed by atoms with Gasteiger partial charge in [0.05, 0.1) is 10.5 Å². The van der Waals surface area contributed by atoms with E-state index in [1.165, 1.54) is 24.3 Å². The third kappa shape index (κ3) is 4.67. The molecule has 0 atom stereocenters. The normalized spacial score (nSPS) is 11.5. The molecule has 1 N–H and O–H groups in total. The Morgan fingerprint density at radius 1 is 1.12 bits per heavy atom. The van der Waals surface area contributed by atoms with Gasteiger partial charge < -0.3 is 5.32 Å². The summed E-state index contributed by atoms with van der Waals surface area (Å²) in [7, 11) is 0. The summed E-state index contributed by atoms with van der Waals surface area (Å²) in [4.78, 5) is 21.8. The number of nitro groups is 1. The van der Waals surface area contributed by atoms with Gasteiger partial charge in [-0.05, 0) is 35.9 Å². The Balaban J connectivity index is 2.03. The fourth-order valence-electron chi connectivity index (χ4n) is 1.84. The molecule has 2 aromatic carbocycles. The van der Waals surface area contributed by atoms with Gasteiger partial charge >= 0.3 is 6.18 Å². The Morgan fingerprint density at radius 3 is 2.38 bits per heavy atom. The van der Waals surface area contributed by atoms with E-state index in [4.69, 9.17) is 0 Å². The van der Waals surface area contributed by atoms with Gasteiger partial charge in [0.1, 0.15) is 0 Å². The van der Waals surface area contributed by atoms with Crippen molar-refractivity contribution in [2.24, 2.45) is 0 Å². The maximum absolute atomic E-state index is 12.4. The maximum atomic E-state index is 12.4. The van der Waals surface area contributed by atoms with Crippen molar-refractivity contribution < 1.29 is 22.9 Å². The predicted molar refractivity (Wildman–Crippen MR) is 82.2 cm³/mol. The molecule has 0 aliphatic carbocycles. The Morgan fingerprint density at radius 2 is 1.79 bits per heavy atom. The standard InChI is InChI=1S/C16H11F3N2O3/c17-16(18,19)12-5-7-13(8-6-12)20-15(22)9-4-11-2-1-3-14(10-11)21(23)24/h1-10H,(H,20,22)/b9-4+. The van der Waals surface area contributed by atoms with Crippen molar-refractivity contribution in [2.45, 2.75) is 6.18 Å². The summed E-state index contributed by atoms with van der Waals surface area (Å²) in [6.45, 7) is 0. The highest BCUT2D eigenvalue weighted by molar-refractivity contribution is 6.01. The molecule has 0 unspecified atom stereocenters. The first kappa shape index (κ1) is 17.2. The lowest BCUT2D eigenvalue weighted by Crippen LogP contribution is -2.09. The van der Waals surface area contributed by atoms with Crippen molar-refractivity contribution in [3.63, 3.8) is 0 Å². The van der Waals surface area contributed by atoms with Crippen LogP contribution in [0.3, 0.4) is 0 Å². The van der Waals surface area contributed by atoms with Crippen LogP contribution in [-0.4, -0.2) is 10.8 Å². The second-order valence-corrected chi connectivity index (χ2v) is 4.75. The highest BCUT2D eigenvalue weighted by Crippen LogP contribution is 2.29. The lowest BCUT2D eigenvalue weighted by Gasteiger charge is -2.07. The minimum absolute atomic E-state index is 0.111. The summed E-state index contributed by atoms with van der Waals surface area (Å²) < 4.78 is 37.3. The largest absolute Gasteiger partial charge is 0.416 e. The van der Waals surface area contributed by atoms with Gasteiger partial charge in [0.25, 0.3) is 5.69 Å². The molecule has 8 heteroatoms. The first-order valence-corrected chi connectivity index (χ1v) is 6.66. The molecule has 0 saturated heterocycles. The van der Waals surface area contributed by atoms with Crippen LogP contribution in [0.15, 0.2) is 54.6 Å². The highest BCUT2D eigenvalue weighted by Gasteiger charge is 2.29. The zero-order chi connectivity index (χ0) is 17.7. The van der Waals surface area contributed by atoms with Crippen LogP contribution in [0.2, 0.25) is 0 Å². The van der Waals surface area contributed by atoms with Crippen molar-refractivity contribution in [2.75, 3.05) is 5.32 Å². The zero-order valence-corrected chi connectivity index (χ0v) is 12.1. The maximum Gasteiger partial charge on any atom is 0.416 e. The second kappa shape index (κ2) is 6.95. The number of nitro benzene ring substituents is 1. The molecule has 0 spiro atoms. The molecular formula is C16H11F3N2O3. The van der Waals surface area contributed by atoms with Crippen LogP contribution >= 0.6 is 0 Å². The number of hydrogen-bond donors (Lipinski definition) is 1. The number of carbonyl (C=O) groups excluding carboxylic acids is 1. The number of benzene rings is 2. The summed E-state index contributed by atoms with van der Waals surface area (Å²) in [5, 5.41) is 13.1. The first-order valence-electron chi connectivity index (χ1n) is 6.66. The van der Waals surface area contributed by atoms with Crippen LogP contribution < -0.4 is 5.32 Å². The molecule has 0 bridgehead atoms. The van der Waals surface area contributed by atoms with E-state index in [9.17, 15) is 28.1 Å². The molecule has 124 valence electrons. The Hall–Kier alpha value is -3.16. The predicted octanol–water partition coefficient (Wildman–Crippen LogP) is 4.27. The van der Waals surface area contributed by atoms with Crippen LogP contribution in [0, 0.1) is 10.1 Å². The minimum atomic E-state index is -4.44. The number of halogens is 3. The van der Waals surface area contributed by atoms with Crippen molar-refractivity contribution in [3.8, 4) is 0 Å². The number of anilines is 1. The Labute approximate surface area is 134 Å². The summed E-state index contributed by atoms with van der Waals surface area (Å²) in [6.07, 6.45) is -1.94.